The van der Waals surface area contributed by atoms with Gasteiger partial charge < -0.3 is 11.1 Å². The number of carbonyl (C=O) groups is 1. The zero-order valence-corrected chi connectivity index (χ0v) is 13.1. The summed E-state index contributed by atoms with van der Waals surface area (Å²) >= 11 is 11.3. The lowest BCUT2D eigenvalue weighted by atomic mass is 10.2. The number of carbonyl (C=O) groups excluding carboxylic acids is 1. The second kappa shape index (κ2) is 7.39. The van der Waals surface area contributed by atoms with Crippen molar-refractivity contribution in [2.45, 2.75) is 0 Å². The van der Waals surface area contributed by atoms with Crippen LogP contribution in [0.2, 0.25) is 5.02 Å². The van der Waals surface area contributed by atoms with Crippen LogP contribution < -0.4 is 11.1 Å². The van der Waals surface area contributed by atoms with E-state index in [1.807, 2.05) is 0 Å². The molecular formula is C15H11Cl2F2N3O. The fourth-order valence-electron chi connectivity index (χ4n) is 1.74. The minimum atomic E-state index is -1.16. The first kappa shape index (κ1) is 17.2. The van der Waals surface area contributed by atoms with Crippen molar-refractivity contribution < 1.29 is 13.6 Å². The van der Waals surface area contributed by atoms with Crippen LogP contribution in [-0.2, 0) is 0 Å². The predicted octanol–water partition coefficient (Wildman–Crippen LogP) is 4.10. The Hall–Kier alpha value is -2.18. The van der Waals surface area contributed by atoms with Gasteiger partial charge in [0.1, 0.15) is 5.84 Å². The lowest BCUT2D eigenvalue weighted by molar-refractivity contribution is 0.102. The Morgan fingerprint density at radius 3 is 2.61 bits per heavy atom. The first-order valence-electron chi connectivity index (χ1n) is 6.35. The molecule has 1 amide bonds. The van der Waals surface area contributed by atoms with E-state index in [4.69, 9.17) is 28.9 Å². The van der Waals surface area contributed by atoms with Gasteiger partial charge in [-0.05, 0) is 30.3 Å². The standard InChI is InChI=1S/C15H11Cl2F2N3O/c16-7-14(20)21-8-2-1-3-9(4-8)22-15(23)10-5-12(18)13(19)6-11(10)17/h1-6H,7H2,(H2,20,21)(H,22,23). The van der Waals surface area contributed by atoms with Gasteiger partial charge in [-0.25, -0.2) is 13.8 Å². The van der Waals surface area contributed by atoms with Crippen LogP contribution in [0.15, 0.2) is 41.4 Å². The quantitative estimate of drug-likeness (QED) is 0.374. The molecule has 0 unspecified atom stereocenters. The van der Waals surface area contributed by atoms with Crippen LogP contribution in [0.3, 0.4) is 0 Å². The molecule has 0 saturated carbocycles. The van der Waals surface area contributed by atoms with E-state index >= 15 is 0 Å². The van der Waals surface area contributed by atoms with E-state index in [9.17, 15) is 13.6 Å². The van der Waals surface area contributed by atoms with E-state index in [0.717, 1.165) is 12.1 Å². The van der Waals surface area contributed by atoms with Crippen molar-refractivity contribution >= 4 is 46.3 Å². The van der Waals surface area contributed by atoms with Crippen molar-refractivity contribution in [2.75, 3.05) is 11.2 Å². The van der Waals surface area contributed by atoms with Crippen molar-refractivity contribution in [3.05, 3.63) is 58.6 Å². The van der Waals surface area contributed by atoms with E-state index in [0.29, 0.717) is 11.4 Å². The van der Waals surface area contributed by atoms with Crippen LogP contribution in [0.25, 0.3) is 0 Å². The first-order chi connectivity index (χ1) is 10.9. The number of amidine groups is 1. The molecule has 0 heterocycles. The molecule has 2 aromatic rings. The highest BCUT2D eigenvalue weighted by molar-refractivity contribution is 6.34. The summed E-state index contributed by atoms with van der Waals surface area (Å²) in [6.07, 6.45) is 0. The van der Waals surface area contributed by atoms with Gasteiger partial charge in [0.15, 0.2) is 11.6 Å². The van der Waals surface area contributed by atoms with Gasteiger partial charge in [0.05, 0.1) is 22.2 Å². The average molecular weight is 358 g/mol. The largest absolute Gasteiger partial charge is 0.386 e. The number of anilines is 1. The van der Waals surface area contributed by atoms with E-state index in [-0.39, 0.29) is 22.3 Å². The van der Waals surface area contributed by atoms with Crippen LogP contribution in [0.5, 0.6) is 0 Å². The minimum absolute atomic E-state index is 0.0705. The predicted molar refractivity (Wildman–Crippen MR) is 87.8 cm³/mol. The summed E-state index contributed by atoms with van der Waals surface area (Å²) in [4.78, 5) is 16.2. The summed E-state index contributed by atoms with van der Waals surface area (Å²) in [5.74, 6) is -2.67. The summed E-state index contributed by atoms with van der Waals surface area (Å²) in [5.41, 5.74) is 6.23. The van der Waals surface area contributed by atoms with E-state index in [1.165, 1.54) is 0 Å². The Morgan fingerprint density at radius 2 is 1.91 bits per heavy atom. The van der Waals surface area contributed by atoms with Crippen molar-refractivity contribution in [3.63, 3.8) is 0 Å². The third kappa shape index (κ3) is 4.40. The highest BCUT2D eigenvalue weighted by Gasteiger charge is 2.15. The Kier molecular flexibility index (Phi) is 5.52. The first-order valence-corrected chi connectivity index (χ1v) is 7.27. The average Bonchev–Trinajstić information content (AvgIpc) is 2.51. The Morgan fingerprint density at radius 1 is 1.22 bits per heavy atom. The third-order valence-electron chi connectivity index (χ3n) is 2.77. The summed E-state index contributed by atoms with van der Waals surface area (Å²) in [7, 11) is 0. The number of nitrogens with one attached hydrogen (secondary N) is 1. The molecule has 2 rings (SSSR count). The molecule has 0 saturated heterocycles. The van der Waals surface area contributed by atoms with Gasteiger partial charge in [0, 0.05) is 5.69 Å². The maximum absolute atomic E-state index is 13.2. The van der Waals surface area contributed by atoms with Gasteiger partial charge >= 0.3 is 0 Å². The molecule has 0 aromatic heterocycles. The van der Waals surface area contributed by atoms with Crippen LogP contribution in [-0.4, -0.2) is 17.6 Å². The zero-order chi connectivity index (χ0) is 17.0. The lowest BCUT2D eigenvalue weighted by Gasteiger charge is -2.08. The molecule has 0 aliphatic heterocycles. The molecule has 0 aliphatic carbocycles. The molecular weight excluding hydrogens is 347 g/mol. The van der Waals surface area contributed by atoms with Crippen LogP contribution in [0, 0.1) is 11.6 Å². The molecule has 23 heavy (non-hydrogen) atoms. The molecule has 8 heteroatoms. The highest BCUT2D eigenvalue weighted by atomic mass is 35.5. The molecule has 2 aromatic carbocycles. The molecule has 3 N–H and O–H groups in total. The summed E-state index contributed by atoms with van der Waals surface area (Å²) < 4.78 is 26.3. The SMILES string of the molecule is NC(CCl)=Nc1cccc(NC(=O)c2cc(F)c(F)cc2Cl)c1. The van der Waals surface area contributed by atoms with Crippen LogP contribution >= 0.6 is 23.2 Å². The van der Waals surface area contributed by atoms with Crippen molar-refractivity contribution in [3.8, 4) is 0 Å². The number of hydrogen-bond donors (Lipinski definition) is 2. The highest BCUT2D eigenvalue weighted by Crippen LogP contribution is 2.23. The molecule has 120 valence electrons. The van der Waals surface area contributed by atoms with Crippen LogP contribution in [0.1, 0.15) is 10.4 Å². The van der Waals surface area contributed by atoms with Gasteiger partial charge in [0.2, 0.25) is 0 Å². The number of aliphatic imine (C=N–C) groups is 1. The van der Waals surface area contributed by atoms with Gasteiger partial charge in [-0.2, -0.15) is 0 Å². The summed E-state index contributed by atoms with van der Waals surface area (Å²) in [6.45, 7) is 0. The zero-order valence-electron chi connectivity index (χ0n) is 11.6. The van der Waals surface area contributed by atoms with Gasteiger partial charge in [-0.3, -0.25) is 4.79 Å². The Labute approximate surface area is 140 Å². The van der Waals surface area contributed by atoms with E-state index < -0.39 is 17.5 Å². The number of benzene rings is 2. The minimum Gasteiger partial charge on any atom is -0.386 e. The fraction of sp³-hybridized carbons (Fsp3) is 0.0667. The number of nitrogens with two attached hydrogens (primary N) is 1. The molecule has 0 aliphatic rings. The number of alkyl halides is 1. The van der Waals surface area contributed by atoms with Gasteiger partial charge in [-0.15, -0.1) is 11.6 Å². The summed E-state index contributed by atoms with van der Waals surface area (Å²) in [5, 5.41) is 2.33. The maximum atomic E-state index is 13.2. The lowest BCUT2D eigenvalue weighted by Crippen LogP contribution is -2.13. The third-order valence-corrected chi connectivity index (χ3v) is 3.35. The van der Waals surface area contributed by atoms with E-state index in [2.05, 4.69) is 10.3 Å². The molecule has 0 radical (unpaired) electrons. The van der Waals surface area contributed by atoms with Crippen molar-refractivity contribution in [1.29, 1.82) is 0 Å². The normalized spacial score (nSPS) is 11.4. The topological polar surface area (TPSA) is 67.5 Å². The number of amides is 1. The van der Waals surface area contributed by atoms with Crippen molar-refractivity contribution in [1.82, 2.24) is 0 Å². The van der Waals surface area contributed by atoms with Crippen LogP contribution in [0.4, 0.5) is 20.2 Å². The van der Waals surface area contributed by atoms with Gasteiger partial charge in [0.25, 0.3) is 5.91 Å². The van der Waals surface area contributed by atoms with Crippen molar-refractivity contribution in [2.24, 2.45) is 10.7 Å². The number of nitrogens with zero attached hydrogens (tertiary/aromatic N) is 1. The fourth-order valence-corrected chi connectivity index (χ4v) is 2.04. The Balaban J connectivity index is 2.24. The maximum Gasteiger partial charge on any atom is 0.257 e. The number of hydrogen-bond acceptors (Lipinski definition) is 2. The van der Waals surface area contributed by atoms with Gasteiger partial charge in [-0.1, -0.05) is 17.7 Å². The van der Waals surface area contributed by atoms with E-state index in [1.54, 1.807) is 24.3 Å². The molecule has 0 atom stereocenters. The Bertz CT molecular complexity index is 781. The second-order valence-electron chi connectivity index (χ2n) is 4.49. The molecule has 4 nitrogen and oxygen atoms in total. The monoisotopic (exact) mass is 357 g/mol. The second-order valence-corrected chi connectivity index (χ2v) is 5.16. The summed E-state index contributed by atoms with van der Waals surface area (Å²) in [6, 6.07) is 7.93. The molecule has 0 bridgehead atoms. The number of halogens is 4. The smallest absolute Gasteiger partial charge is 0.257 e. The molecule has 0 fully saturated rings. The number of rotatable bonds is 4. The molecule has 0 spiro atoms.